The average molecular weight is 462 g/mol. The van der Waals surface area contributed by atoms with Crippen molar-refractivity contribution in [2.24, 2.45) is 5.92 Å². The summed E-state index contributed by atoms with van der Waals surface area (Å²) < 4.78 is 56.3. The fourth-order valence-electron chi connectivity index (χ4n) is 4.05. The molecule has 0 bridgehead atoms. The molecule has 3 aromatic rings. The number of nitrogens with one attached hydrogen (secondary N) is 3. The van der Waals surface area contributed by atoms with Gasteiger partial charge in [-0.05, 0) is 43.5 Å². The van der Waals surface area contributed by atoms with Crippen molar-refractivity contribution in [1.29, 1.82) is 5.26 Å². The van der Waals surface area contributed by atoms with Gasteiger partial charge in [-0.3, -0.25) is 9.48 Å². The molecule has 0 radical (unpaired) electrons. The Morgan fingerprint density at radius 3 is 2.70 bits per heavy atom. The van der Waals surface area contributed by atoms with Crippen molar-refractivity contribution in [3.8, 4) is 6.07 Å². The van der Waals surface area contributed by atoms with Gasteiger partial charge in [0.15, 0.2) is 5.82 Å². The van der Waals surface area contributed by atoms with Crippen LogP contribution in [0.1, 0.15) is 43.8 Å². The number of benzene rings is 1. The van der Waals surface area contributed by atoms with Crippen molar-refractivity contribution in [1.82, 2.24) is 20.1 Å². The third-order valence-electron chi connectivity index (χ3n) is 5.72. The maximum Gasteiger partial charge on any atom is 0.408 e. The van der Waals surface area contributed by atoms with Crippen LogP contribution in [0.4, 0.5) is 29.1 Å². The molecule has 2 heterocycles. The number of hydrogen-bond donors (Lipinski definition) is 3. The summed E-state index contributed by atoms with van der Waals surface area (Å²) in [5.41, 5.74) is -0.276. The molecule has 174 valence electrons. The van der Waals surface area contributed by atoms with Crippen LogP contribution in [-0.2, 0) is 0 Å². The molecule has 33 heavy (non-hydrogen) atoms. The highest BCUT2D eigenvalue weighted by Gasteiger charge is 2.41. The second kappa shape index (κ2) is 8.86. The molecule has 0 aliphatic heterocycles. The summed E-state index contributed by atoms with van der Waals surface area (Å²) in [6.45, 7) is 1.52. The zero-order chi connectivity index (χ0) is 23.8. The van der Waals surface area contributed by atoms with Crippen molar-refractivity contribution in [2.45, 2.75) is 44.4 Å². The van der Waals surface area contributed by atoms with E-state index < -0.39 is 29.2 Å². The van der Waals surface area contributed by atoms with Gasteiger partial charge in [0.05, 0.1) is 24.0 Å². The predicted molar refractivity (Wildman–Crippen MR) is 115 cm³/mol. The quantitative estimate of drug-likeness (QED) is 0.422. The van der Waals surface area contributed by atoms with Crippen LogP contribution in [0.3, 0.4) is 0 Å². The Bertz CT molecular complexity index is 1250. The van der Waals surface area contributed by atoms with Gasteiger partial charge < -0.3 is 15.6 Å². The molecule has 2 atom stereocenters. The largest absolute Gasteiger partial charge is 0.408 e. The van der Waals surface area contributed by atoms with Gasteiger partial charge in [0, 0.05) is 17.4 Å². The summed E-state index contributed by atoms with van der Waals surface area (Å²) in [6.07, 6.45) is -1.04. The average Bonchev–Trinajstić information content (AvgIpc) is 3.53. The molecule has 0 saturated heterocycles. The topological polar surface area (TPSA) is 98.5 Å². The van der Waals surface area contributed by atoms with Gasteiger partial charge in [0.2, 0.25) is 0 Å². The van der Waals surface area contributed by atoms with Crippen molar-refractivity contribution >= 4 is 22.4 Å². The van der Waals surface area contributed by atoms with Crippen molar-refractivity contribution < 1.29 is 17.6 Å². The number of alkyl halides is 3. The fourth-order valence-corrected chi connectivity index (χ4v) is 4.05. The summed E-state index contributed by atoms with van der Waals surface area (Å²) in [7, 11) is 0. The maximum absolute atomic E-state index is 14.7. The van der Waals surface area contributed by atoms with E-state index in [1.54, 1.807) is 10.7 Å². The van der Waals surface area contributed by atoms with Crippen LogP contribution in [0.15, 0.2) is 35.3 Å². The minimum atomic E-state index is -4.66. The monoisotopic (exact) mass is 462 g/mol. The number of nitriles is 1. The van der Waals surface area contributed by atoms with Crippen LogP contribution >= 0.6 is 0 Å². The highest BCUT2D eigenvalue weighted by molar-refractivity contribution is 5.91. The van der Waals surface area contributed by atoms with Gasteiger partial charge >= 0.3 is 6.18 Å². The summed E-state index contributed by atoms with van der Waals surface area (Å²) in [5.74, 6) is -0.620. The first-order valence-corrected chi connectivity index (χ1v) is 10.6. The molecule has 1 saturated carbocycles. The van der Waals surface area contributed by atoms with Gasteiger partial charge in [-0.2, -0.15) is 23.5 Å². The van der Waals surface area contributed by atoms with E-state index in [-0.39, 0.29) is 41.8 Å². The molecule has 1 aromatic carbocycles. The van der Waals surface area contributed by atoms with Crippen molar-refractivity contribution in [3.63, 3.8) is 0 Å². The molecular weight excluding hydrogens is 440 g/mol. The van der Waals surface area contributed by atoms with E-state index in [1.807, 2.05) is 0 Å². The molecule has 3 N–H and O–H groups in total. The fraction of sp³-hybridized carbons (Fsp3) is 0.409. The van der Waals surface area contributed by atoms with E-state index in [2.05, 4.69) is 26.8 Å². The van der Waals surface area contributed by atoms with Gasteiger partial charge in [0.1, 0.15) is 17.2 Å². The number of pyridine rings is 1. The van der Waals surface area contributed by atoms with Crippen LogP contribution < -0.4 is 16.2 Å². The zero-order valence-corrected chi connectivity index (χ0v) is 17.7. The molecule has 2 aromatic heterocycles. The Hall–Kier alpha value is -3.39. The van der Waals surface area contributed by atoms with Crippen LogP contribution in [0.5, 0.6) is 0 Å². The molecule has 0 spiro atoms. The van der Waals surface area contributed by atoms with Crippen LogP contribution in [0.25, 0.3) is 10.9 Å². The SMILES string of the molecule is CCN[C@@H](c1ccc(Nc2nn(C(CC#N)C3CC3)c3cc[nH]c(=O)c23)cc1F)C(F)(F)F. The molecule has 0 amide bonds. The Morgan fingerprint density at radius 1 is 1.33 bits per heavy atom. The number of aromatic nitrogens is 3. The molecular formula is C22H22F4N6O. The van der Waals surface area contributed by atoms with Crippen molar-refractivity contribution in [2.75, 3.05) is 11.9 Å². The number of nitrogens with zero attached hydrogens (tertiary/aromatic N) is 3. The lowest BCUT2D eigenvalue weighted by atomic mass is 10.0. The minimum Gasteiger partial charge on any atom is -0.338 e. The summed E-state index contributed by atoms with van der Waals surface area (Å²) in [4.78, 5) is 15.1. The molecule has 4 rings (SSSR count). The summed E-state index contributed by atoms with van der Waals surface area (Å²) in [5, 5.41) is 19.1. The summed E-state index contributed by atoms with van der Waals surface area (Å²) >= 11 is 0. The molecule has 1 fully saturated rings. The van der Waals surface area contributed by atoms with E-state index in [1.165, 1.54) is 19.2 Å². The number of fused-ring (bicyclic) bond motifs is 1. The van der Waals surface area contributed by atoms with Gasteiger partial charge in [0.25, 0.3) is 5.56 Å². The van der Waals surface area contributed by atoms with E-state index in [0.29, 0.717) is 5.52 Å². The lowest BCUT2D eigenvalue weighted by Gasteiger charge is -2.22. The number of aromatic amines is 1. The Kier molecular flexibility index (Phi) is 6.12. The van der Waals surface area contributed by atoms with Crippen LogP contribution in [-0.4, -0.2) is 27.5 Å². The van der Waals surface area contributed by atoms with E-state index in [9.17, 15) is 27.6 Å². The number of hydrogen-bond acceptors (Lipinski definition) is 5. The maximum atomic E-state index is 14.7. The third-order valence-corrected chi connectivity index (χ3v) is 5.72. The second-order valence-electron chi connectivity index (χ2n) is 8.02. The van der Waals surface area contributed by atoms with Crippen molar-refractivity contribution in [3.05, 3.63) is 52.2 Å². The third kappa shape index (κ3) is 4.57. The van der Waals surface area contributed by atoms with E-state index in [0.717, 1.165) is 25.0 Å². The van der Waals surface area contributed by atoms with Crippen LogP contribution in [0.2, 0.25) is 0 Å². The second-order valence-corrected chi connectivity index (χ2v) is 8.02. The lowest BCUT2D eigenvalue weighted by Crippen LogP contribution is -2.34. The highest BCUT2D eigenvalue weighted by Crippen LogP contribution is 2.43. The van der Waals surface area contributed by atoms with Crippen LogP contribution in [0, 0.1) is 23.1 Å². The summed E-state index contributed by atoms with van der Waals surface area (Å²) in [6, 6.07) is 4.81. The predicted octanol–water partition coefficient (Wildman–Crippen LogP) is 4.68. The first-order valence-electron chi connectivity index (χ1n) is 10.6. The smallest absolute Gasteiger partial charge is 0.338 e. The van der Waals surface area contributed by atoms with E-state index >= 15 is 0 Å². The standard InChI is InChI=1S/C22H22F4N6O/c1-2-28-19(22(24,25)26)14-6-5-13(11-15(14)23)30-20-18-17(8-10-29-21(18)33)32(31-20)16(7-9-27)12-3-4-12/h5-6,8,10-12,16,19,28H,2-4,7H2,1H3,(H,29,33)(H,30,31)/t16?,19-/m0/s1. The molecule has 7 nitrogen and oxygen atoms in total. The Morgan fingerprint density at radius 2 is 2.09 bits per heavy atom. The lowest BCUT2D eigenvalue weighted by molar-refractivity contribution is -0.158. The highest BCUT2D eigenvalue weighted by atomic mass is 19.4. The zero-order valence-electron chi connectivity index (χ0n) is 17.7. The molecule has 11 heteroatoms. The van der Waals surface area contributed by atoms with Gasteiger partial charge in [-0.1, -0.05) is 13.0 Å². The number of halogens is 4. The first kappa shape index (κ1) is 22.8. The Labute approximate surface area is 186 Å². The molecule has 1 aliphatic carbocycles. The normalized spacial score (nSPS) is 15.9. The first-order chi connectivity index (χ1) is 15.7. The van der Waals surface area contributed by atoms with Gasteiger partial charge in [-0.25, -0.2) is 4.39 Å². The number of H-pyrrole nitrogens is 1. The Balaban J connectivity index is 1.72. The minimum absolute atomic E-state index is 0.0146. The number of anilines is 2. The molecule has 1 aliphatic rings. The van der Waals surface area contributed by atoms with E-state index in [4.69, 9.17) is 0 Å². The number of rotatable bonds is 8. The van der Waals surface area contributed by atoms with Gasteiger partial charge in [-0.15, -0.1) is 0 Å². The molecule has 1 unspecified atom stereocenters.